The first-order valence-corrected chi connectivity index (χ1v) is 27.4. The molecule has 1 atom stereocenters. The predicted octanol–water partition coefficient (Wildman–Crippen LogP) is 18.3. The van der Waals surface area contributed by atoms with E-state index in [0.29, 0.717) is 19.3 Å². The van der Waals surface area contributed by atoms with Gasteiger partial charge >= 0.3 is 17.9 Å². The van der Waals surface area contributed by atoms with E-state index in [2.05, 4.69) is 124 Å². The lowest BCUT2D eigenvalue weighted by Gasteiger charge is -2.18. The molecule has 0 aromatic rings. The summed E-state index contributed by atoms with van der Waals surface area (Å²) < 4.78 is 16.7. The van der Waals surface area contributed by atoms with Gasteiger partial charge < -0.3 is 14.2 Å². The number of ether oxygens (including phenoxy) is 3. The first-order chi connectivity index (χ1) is 33.0. The molecule has 0 amide bonds. The smallest absolute Gasteiger partial charge is 0.306 e. The highest BCUT2D eigenvalue weighted by Crippen LogP contribution is 2.14. The van der Waals surface area contributed by atoms with Gasteiger partial charge in [0, 0.05) is 19.3 Å². The van der Waals surface area contributed by atoms with Gasteiger partial charge in [-0.3, -0.25) is 14.4 Å². The predicted molar refractivity (Wildman–Crippen MR) is 288 cm³/mol. The van der Waals surface area contributed by atoms with Crippen LogP contribution in [0.15, 0.2) is 109 Å². The average molecular weight is 929 g/mol. The molecule has 0 radical (unpaired) electrons. The fourth-order valence-corrected chi connectivity index (χ4v) is 7.21. The molecule has 0 aliphatic rings. The molecule has 0 N–H and O–H groups in total. The monoisotopic (exact) mass is 929 g/mol. The Morgan fingerprint density at radius 2 is 0.612 bits per heavy atom. The third-order valence-electron chi connectivity index (χ3n) is 11.3. The maximum Gasteiger partial charge on any atom is 0.306 e. The van der Waals surface area contributed by atoms with Crippen molar-refractivity contribution in [3.8, 4) is 0 Å². The van der Waals surface area contributed by atoms with E-state index in [4.69, 9.17) is 14.2 Å². The highest BCUT2D eigenvalue weighted by Gasteiger charge is 2.19. The largest absolute Gasteiger partial charge is 0.462 e. The van der Waals surface area contributed by atoms with Crippen LogP contribution in [-0.2, 0) is 28.6 Å². The summed E-state index contributed by atoms with van der Waals surface area (Å²) in [7, 11) is 0. The van der Waals surface area contributed by atoms with Gasteiger partial charge in [-0.25, -0.2) is 0 Å². The topological polar surface area (TPSA) is 78.9 Å². The molecule has 0 fully saturated rings. The van der Waals surface area contributed by atoms with Gasteiger partial charge in [-0.05, 0) is 109 Å². The highest BCUT2D eigenvalue weighted by molar-refractivity contribution is 5.71. The van der Waals surface area contributed by atoms with Crippen LogP contribution in [0, 0.1) is 0 Å². The van der Waals surface area contributed by atoms with Gasteiger partial charge in [0.1, 0.15) is 13.2 Å². The van der Waals surface area contributed by atoms with E-state index >= 15 is 0 Å². The summed E-state index contributed by atoms with van der Waals surface area (Å²) >= 11 is 0. The molecule has 0 saturated heterocycles. The number of unbranched alkanes of at least 4 members (excludes halogenated alkanes) is 19. The summed E-state index contributed by atoms with van der Waals surface area (Å²) in [6, 6.07) is 0. The molecule has 0 aliphatic heterocycles. The molecule has 6 heteroatoms. The Morgan fingerprint density at radius 3 is 1.01 bits per heavy atom. The minimum atomic E-state index is -0.820. The van der Waals surface area contributed by atoms with E-state index in [9.17, 15) is 14.4 Å². The zero-order valence-electron chi connectivity index (χ0n) is 43.4. The lowest BCUT2D eigenvalue weighted by molar-refractivity contribution is -0.166. The van der Waals surface area contributed by atoms with Crippen molar-refractivity contribution in [1.82, 2.24) is 0 Å². The SMILES string of the molecule is CC/C=C\C/C=C\C/C=C\C/C=C\C/C=C\C/C=C\CCC(=O)OCC(COC(=O)CCCCCCC/C=C\C/C=C\CC)OC(=O)CCCCCCC/C=C\CCCCCCCCCCC. The van der Waals surface area contributed by atoms with E-state index in [-0.39, 0.29) is 37.5 Å². The Labute approximate surface area is 412 Å². The molecule has 0 saturated carbocycles. The Bertz CT molecular complexity index is 1390. The summed E-state index contributed by atoms with van der Waals surface area (Å²) in [6.07, 6.45) is 73.8. The minimum absolute atomic E-state index is 0.114. The van der Waals surface area contributed by atoms with E-state index < -0.39 is 6.10 Å². The van der Waals surface area contributed by atoms with Gasteiger partial charge in [-0.15, -0.1) is 0 Å². The number of hydrogen-bond donors (Lipinski definition) is 0. The van der Waals surface area contributed by atoms with Gasteiger partial charge in [0.2, 0.25) is 0 Å². The zero-order chi connectivity index (χ0) is 48.6. The molecule has 0 aliphatic carbocycles. The second-order valence-corrected chi connectivity index (χ2v) is 17.7. The van der Waals surface area contributed by atoms with Crippen LogP contribution in [0.3, 0.4) is 0 Å². The van der Waals surface area contributed by atoms with Crippen LogP contribution in [0.2, 0.25) is 0 Å². The molecule has 0 rings (SSSR count). The van der Waals surface area contributed by atoms with Crippen LogP contribution in [0.5, 0.6) is 0 Å². The third-order valence-corrected chi connectivity index (χ3v) is 11.3. The first-order valence-electron chi connectivity index (χ1n) is 27.4. The quantitative estimate of drug-likeness (QED) is 0.0262. The molecule has 380 valence electrons. The average Bonchev–Trinajstić information content (AvgIpc) is 3.33. The van der Waals surface area contributed by atoms with Crippen LogP contribution in [0.4, 0.5) is 0 Å². The minimum Gasteiger partial charge on any atom is -0.462 e. The van der Waals surface area contributed by atoms with Crippen molar-refractivity contribution in [2.75, 3.05) is 13.2 Å². The molecule has 0 bridgehead atoms. The van der Waals surface area contributed by atoms with Crippen molar-refractivity contribution < 1.29 is 28.6 Å². The lowest BCUT2D eigenvalue weighted by atomic mass is 10.1. The summed E-state index contributed by atoms with van der Waals surface area (Å²) in [5.41, 5.74) is 0. The number of carbonyl (C=O) groups is 3. The van der Waals surface area contributed by atoms with Crippen LogP contribution < -0.4 is 0 Å². The Morgan fingerprint density at radius 1 is 0.313 bits per heavy atom. The molecule has 1 unspecified atom stereocenters. The summed E-state index contributed by atoms with van der Waals surface area (Å²) in [5, 5.41) is 0. The van der Waals surface area contributed by atoms with Crippen molar-refractivity contribution in [3.05, 3.63) is 109 Å². The van der Waals surface area contributed by atoms with Gasteiger partial charge in [0.05, 0.1) is 0 Å². The van der Waals surface area contributed by atoms with Crippen LogP contribution in [-0.4, -0.2) is 37.2 Å². The van der Waals surface area contributed by atoms with Crippen LogP contribution in [0.25, 0.3) is 0 Å². The van der Waals surface area contributed by atoms with E-state index in [1.807, 2.05) is 6.08 Å². The molecular formula is C61H100O6. The van der Waals surface area contributed by atoms with Gasteiger partial charge in [0.25, 0.3) is 0 Å². The number of allylic oxidation sites excluding steroid dienone is 18. The van der Waals surface area contributed by atoms with Crippen molar-refractivity contribution in [3.63, 3.8) is 0 Å². The lowest BCUT2D eigenvalue weighted by Crippen LogP contribution is -2.30. The Kier molecular flexibility index (Phi) is 51.5. The second-order valence-electron chi connectivity index (χ2n) is 17.7. The van der Waals surface area contributed by atoms with E-state index in [1.54, 1.807) is 0 Å². The normalized spacial score (nSPS) is 12.9. The summed E-state index contributed by atoms with van der Waals surface area (Å²) in [4.78, 5) is 38.0. The number of rotatable bonds is 48. The van der Waals surface area contributed by atoms with Crippen LogP contribution >= 0.6 is 0 Å². The summed E-state index contributed by atoms with van der Waals surface area (Å²) in [6.45, 7) is 6.33. The maximum absolute atomic E-state index is 12.8. The number of esters is 3. The standard InChI is InChI=1S/C61H100O6/c1-4-7-10-13-16-19-22-25-27-29-31-33-34-36-39-42-45-48-51-54-60(63)66-57-58(56-65-59(62)53-50-47-44-41-38-24-21-18-15-12-9-6-3)67-61(64)55-52-49-46-43-40-37-35-32-30-28-26-23-20-17-14-11-8-5-2/h7,9-10,12,16,18-19,21,25,27,31-33,35-36,39,45,48,58H,4-6,8,11,13-15,17,20,22-24,26,28-30,34,37-38,40-44,46-47,49-57H2,1-3H3/b10-7-,12-9-,19-16-,21-18-,27-25-,33-31-,35-32-,39-36-,48-45-. The van der Waals surface area contributed by atoms with Crippen molar-refractivity contribution in [2.45, 2.75) is 245 Å². The van der Waals surface area contributed by atoms with Gasteiger partial charge in [-0.1, -0.05) is 220 Å². The molecule has 6 nitrogen and oxygen atoms in total. The maximum atomic E-state index is 12.8. The fourth-order valence-electron chi connectivity index (χ4n) is 7.21. The van der Waals surface area contributed by atoms with E-state index in [0.717, 1.165) is 122 Å². The van der Waals surface area contributed by atoms with Crippen LogP contribution in [0.1, 0.15) is 239 Å². The fraction of sp³-hybridized carbons (Fsp3) is 0.656. The van der Waals surface area contributed by atoms with Crippen molar-refractivity contribution in [1.29, 1.82) is 0 Å². The third kappa shape index (κ3) is 52.9. The molecule has 0 spiro atoms. The molecule has 0 heterocycles. The zero-order valence-corrected chi connectivity index (χ0v) is 43.4. The first kappa shape index (κ1) is 63.1. The molecule has 0 aromatic carbocycles. The van der Waals surface area contributed by atoms with Gasteiger partial charge in [-0.2, -0.15) is 0 Å². The van der Waals surface area contributed by atoms with Crippen molar-refractivity contribution >= 4 is 17.9 Å². The summed E-state index contributed by atoms with van der Waals surface area (Å²) in [5.74, 6) is -1.03. The van der Waals surface area contributed by atoms with Gasteiger partial charge in [0.15, 0.2) is 6.10 Å². The van der Waals surface area contributed by atoms with E-state index in [1.165, 1.54) is 70.6 Å². The number of carbonyl (C=O) groups excluding carboxylic acids is 3. The highest BCUT2D eigenvalue weighted by atomic mass is 16.6. The molecular weight excluding hydrogens is 829 g/mol. The molecule has 0 aromatic heterocycles. The second kappa shape index (κ2) is 54.7. The Balaban J connectivity index is 4.51. The Hall–Kier alpha value is -3.93. The van der Waals surface area contributed by atoms with Crippen molar-refractivity contribution in [2.24, 2.45) is 0 Å². The number of hydrogen-bond acceptors (Lipinski definition) is 6. The molecule has 67 heavy (non-hydrogen) atoms.